The molecule has 0 saturated heterocycles. The number of hydrogen-bond donors (Lipinski definition) is 0. The third kappa shape index (κ3) is 3.01. The lowest BCUT2D eigenvalue weighted by Crippen LogP contribution is -2.24. The number of anilines is 1. The van der Waals surface area contributed by atoms with Crippen LogP contribution in [0.3, 0.4) is 0 Å². The third-order valence-electron chi connectivity index (χ3n) is 3.17. The minimum atomic E-state index is -0.312. The van der Waals surface area contributed by atoms with E-state index in [-0.39, 0.29) is 5.97 Å². The SMILES string of the molecule is C=CCN(CC=C)c1ncnc2sc(C(=O)OCC)c(C)c12. The fraction of sp³-hybridized carbons (Fsp3) is 0.312. The fourth-order valence-corrected chi connectivity index (χ4v) is 3.28. The van der Waals surface area contributed by atoms with Gasteiger partial charge in [0.15, 0.2) is 0 Å². The van der Waals surface area contributed by atoms with E-state index < -0.39 is 0 Å². The number of thiophene rings is 1. The third-order valence-corrected chi connectivity index (χ3v) is 4.35. The summed E-state index contributed by atoms with van der Waals surface area (Å²) in [5.41, 5.74) is 0.854. The first-order chi connectivity index (χ1) is 10.6. The number of ether oxygens (including phenoxy) is 1. The molecule has 0 atom stereocenters. The lowest BCUT2D eigenvalue weighted by atomic mass is 10.2. The molecule has 2 aromatic rings. The van der Waals surface area contributed by atoms with Gasteiger partial charge in [-0.15, -0.1) is 24.5 Å². The van der Waals surface area contributed by atoms with Gasteiger partial charge in [0.1, 0.15) is 21.9 Å². The molecule has 0 aliphatic rings. The van der Waals surface area contributed by atoms with Gasteiger partial charge in [0.05, 0.1) is 12.0 Å². The number of carbonyl (C=O) groups is 1. The predicted molar refractivity (Wildman–Crippen MR) is 90.7 cm³/mol. The van der Waals surface area contributed by atoms with Crippen LogP contribution in [0.2, 0.25) is 0 Å². The highest BCUT2D eigenvalue weighted by molar-refractivity contribution is 7.20. The van der Waals surface area contributed by atoms with Crippen molar-refractivity contribution in [2.24, 2.45) is 0 Å². The number of carbonyl (C=O) groups excluding carboxylic acids is 1. The molecule has 2 heterocycles. The second kappa shape index (κ2) is 7.17. The molecule has 0 amide bonds. The van der Waals surface area contributed by atoms with E-state index in [0.717, 1.165) is 21.6 Å². The first-order valence-electron chi connectivity index (χ1n) is 7.01. The number of rotatable bonds is 7. The van der Waals surface area contributed by atoms with Gasteiger partial charge in [0.25, 0.3) is 0 Å². The first-order valence-corrected chi connectivity index (χ1v) is 7.83. The Bertz CT molecular complexity index is 699. The minimum Gasteiger partial charge on any atom is -0.462 e. The van der Waals surface area contributed by atoms with Crippen molar-refractivity contribution in [2.75, 3.05) is 24.6 Å². The van der Waals surface area contributed by atoms with E-state index in [1.807, 2.05) is 24.0 Å². The Labute approximate surface area is 133 Å². The van der Waals surface area contributed by atoms with E-state index in [1.54, 1.807) is 6.92 Å². The van der Waals surface area contributed by atoms with Crippen LogP contribution < -0.4 is 4.90 Å². The quantitative estimate of drug-likeness (QED) is 0.579. The zero-order valence-corrected chi connectivity index (χ0v) is 13.7. The number of aromatic nitrogens is 2. The van der Waals surface area contributed by atoms with Crippen LogP contribution in [-0.2, 0) is 4.74 Å². The number of nitrogens with zero attached hydrogens (tertiary/aromatic N) is 3. The molecule has 0 saturated carbocycles. The summed E-state index contributed by atoms with van der Waals surface area (Å²) < 4.78 is 5.11. The van der Waals surface area contributed by atoms with E-state index in [9.17, 15) is 4.79 Å². The first kappa shape index (κ1) is 16.2. The van der Waals surface area contributed by atoms with Gasteiger partial charge in [0.2, 0.25) is 0 Å². The van der Waals surface area contributed by atoms with Crippen LogP contribution in [0.4, 0.5) is 5.82 Å². The summed E-state index contributed by atoms with van der Waals surface area (Å²) in [7, 11) is 0. The van der Waals surface area contributed by atoms with E-state index in [1.165, 1.54) is 17.7 Å². The Balaban J connectivity index is 2.58. The van der Waals surface area contributed by atoms with Gasteiger partial charge < -0.3 is 9.64 Å². The van der Waals surface area contributed by atoms with Crippen molar-refractivity contribution in [1.29, 1.82) is 0 Å². The molecule has 0 unspecified atom stereocenters. The van der Waals surface area contributed by atoms with Crippen molar-refractivity contribution < 1.29 is 9.53 Å². The van der Waals surface area contributed by atoms with Gasteiger partial charge in [-0.3, -0.25) is 0 Å². The van der Waals surface area contributed by atoms with Gasteiger partial charge in [-0.2, -0.15) is 0 Å². The number of aryl methyl sites for hydroxylation is 1. The predicted octanol–water partition coefficient (Wildman–Crippen LogP) is 3.35. The molecule has 0 spiro atoms. The van der Waals surface area contributed by atoms with Crippen LogP contribution in [-0.4, -0.2) is 35.6 Å². The van der Waals surface area contributed by atoms with Gasteiger partial charge in [-0.1, -0.05) is 12.2 Å². The van der Waals surface area contributed by atoms with Crippen LogP contribution >= 0.6 is 11.3 Å². The molecule has 6 heteroatoms. The van der Waals surface area contributed by atoms with Gasteiger partial charge >= 0.3 is 5.97 Å². The maximum absolute atomic E-state index is 12.1. The zero-order chi connectivity index (χ0) is 16.1. The summed E-state index contributed by atoms with van der Waals surface area (Å²) in [5.74, 6) is 0.474. The van der Waals surface area contributed by atoms with Crippen molar-refractivity contribution in [2.45, 2.75) is 13.8 Å². The summed E-state index contributed by atoms with van der Waals surface area (Å²) in [4.78, 5) is 24.2. The smallest absolute Gasteiger partial charge is 0.348 e. The van der Waals surface area contributed by atoms with Gasteiger partial charge in [-0.25, -0.2) is 14.8 Å². The molecule has 0 bridgehead atoms. The molecule has 0 fully saturated rings. The largest absolute Gasteiger partial charge is 0.462 e. The topological polar surface area (TPSA) is 55.3 Å². The second-order valence-corrected chi connectivity index (χ2v) is 5.64. The molecule has 0 aliphatic heterocycles. The lowest BCUT2D eigenvalue weighted by Gasteiger charge is -2.21. The number of hydrogen-bond acceptors (Lipinski definition) is 6. The highest BCUT2D eigenvalue weighted by Gasteiger charge is 2.21. The molecule has 5 nitrogen and oxygen atoms in total. The Morgan fingerprint density at radius 2 is 2.05 bits per heavy atom. The molecule has 2 aromatic heterocycles. The van der Waals surface area contributed by atoms with Gasteiger partial charge in [-0.05, 0) is 19.4 Å². The molecule has 0 aromatic carbocycles. The minimum absolute atomic E-state index is 0.312. The summed E-state index contributed by atoms with van der Waals surface area (Å²) in [6, 6.07) is 0. The van der Waals surface area contributed by atoms with E-state index in [4.69, 9.17) is 4.74 Å². The van der Waals surface area contributed by atoms with E-state index in [0.29, 0.717) is 24.6 Å². The fourth-order valence-electron chi connectivity index (χ4n) is 2.24. The Morgan fingerprint density at radius 1 is 1.36 bits per heavy atom. The average molecular weight is 317 g/mol. The van der Waals surface area contributed by atoms with Crippen molar-refractivity contribution in [3.63, 3.8) is 0 Å². The average Bonchev–Trinajstić information content (AvgIpc) is 2.85. The molecule has 22 heavy (non-hydrogen) atoms. The lowest BCUT2D eigenvalue weighted by molar-refractivity contribution is 0.0531. The summed E-state index contributed by atoms with van der Waals surface area (Å²) in [6.07, 6.45) is 5.14. The van der Waals surface area contributed by atoms with Crippen LogP contribution in [0.25, 0.3) is 10.2 Å². The molecule has 0 radical (unpaired) electrons. The summed E-state index contributed by atoms with van der Waals surface area (Å²) in [5, 5.41) is 0.888. The molecular formula is C16H19N3O2S. The Morgan fingerprint density at radius 3 is 2.64 bits per heavy atom. The molecule has 116 valence electrons. The maximum atomic E-state index is 12.1. The van der Waals surface area contributed by atoms with Crippen molar-refractivity contribution in [1.82, 2.24) is 9.97 Å². The van der Waals surface area contributed by atoms with Crippen LogP contribution in [0.5, 0.6) is 0 Å². The Kier molecular flexibility index (Phi) is 5.27. The number of esters is 1. The van der Waals surface area contributed by atoms with Crippen molar-refractivity contribution in [3.8, 4) is 0 Å². The second-order valence-electron chi connectivity index (χ2n) is 4.64. The van der Waals surface area contributed by atoms with E-state index >= 15 is 0 Å². The highest BCUT2D eigenvalue weighted by Crippen LogP contribution is 2.35. The van der Waals surface area contributed by atoms with Crippen LogP contribution in [0, 0.1) is 6.92 Å². The molecule has 0 aliphatic carbocycles. The van der Waals surface area contributed by atoms with Crippen LogP contribution in [0.1, 0.15) is 22.2 Å². The zero-order valence-electron chi connectivity index (χ0n) is 12.8. The van der Waals surface area contributed by atoms with Gasteiger partial charge in [0, 0.05) is 13.1 Å². The standard InChI is InChI=1S/C16H19N3O2S/c1-5-8-19(9-6-2)14-12-11(4)13(16(20)21-7-3)22-15(12)18-10-17-14/h5-6,10H,1-2,7-9H2,3-4H3. The Hall–Kier alpha value is -2.21. The van der Waals surface area contributed by atoms with E-state index in [2.05, 4.69) is 23.1 Å². The molecule has 0 N–H and O–H groups in total. The molecule has 2 rings (SSSR count). The normalized spacial score (nSPS) is 10.5. The maximum Gasteiger partial charge on any atom is 0.348 e. The number of fused-ring (bicyclic) bond motifs is 1. The summed E-state index contributed by atoms with van der Waals surface area (Å²) >= 11 is 1.34. The van der Waals surface area contributed by atoms with Crippen molar-refractivity contribution in [3.05, 3.63) is 42.1 Å². The summed E-state index contributed by atoms with van der Waals surface area (Å²) in [6.45, 7) is 12.9. The highest BCUT2D eigenvalue weighted by atomic mass is 32.1. The van der Waals surface area contributed by atoms with Crippen molar-refractivity contribution >= 4 is 33.3 Å². The van der Waals surface area contributed by atoms with Crippen LogP contribution in [0.15, 0.2) is 31.6 Å². The monoisotopic (exact) mass is 317 g/mol. The molecular weight excluding hydrogens is 298 g/mol.